The molecule has 75 heavy (non-hydrogen) atoms. The number of benzene rings is 8. The molecule has 0 amide bonds. The highest BCUT2D eigenvalue weighted by Gasteiger charge is 1.82. The van der Waals surface area contributed by atoms with Crippen LogP contribution < -0.4 is 0 Å². The van der Waals surface area contributed by atoms with Gasteiger partial charge in [-0.2, -0.15) is 0 Å². The fourth-order valence-corrected chi connectivity index (χ4v) is 5.00. The minimum Gasteiger partial charge on any atom is -0.120 e. The van der Waals surface area contributed by atoms with Gasteiger partial charge in [0.05, 0.1) is 0 Å². The zero-order valence-corrected chi connectivity index (χ0v) is 46.7. The van der Waals surface area contributed by atoms with Gasteiger partial charge < -0.3 is 0 Å². The van der Waals surface area contributed by atoms with Crippen LogP contribution in [0.2, 0.25) is 0 Å². The molecule has 0 aliphatic rings. The van der Waals surface area contributed by atoms with Crippen molar-refractivity contribution in [2.75, 3.05) is 0 Å². The Labute approximate surface area is 458 Å². The minimum absolute atomic E-state index is 1.08. The Morgan fingerprint density at radius 3 is 0.573 bits per heavy atom. The maximum absolute atomic E-state index is 4.60. The van der Waals surface area contributed by atoms with Crippen molar-refractivity contribution in [2.24, 2.45) is 0 Å². The van der Waals surface area contributed by atoms with E-state index in [0.29, 0.717) is 0 Å². The van der Waals surface area contributed by atoms with Gasteiger partial charge in [0.15, 0.2) is 0 Å². The zero-order valence-electron chi connectivity index (χ0n) is 46.7. The van der Waals surface area contributed by atoms with Gasteiger partial charge in [-0.15, -0.1) is 42.4 Å². The second-order valence-electron chi connectivity index (χ2n) is 14.7. The van der Waals surface area contributed by atoms with Gasteiger partial charge in [0.1, 0.15) is 0 Å². The van der Waals surface area contributed by atoms with Crippen molar-refractivity contribution in [3.8, 4) is 83.9 Å². The molecule has 0 saturated carbocycles. The summed E-state index contributed by atoms with van der Waals surface area (Å²) in [5.74, 6) is 32.3. The summed E-state index contributed by atoms with van der Waals surface area (Å²) in [6, 6.07) is 83.3. The average Bonchev–Trinajstić information content (AvgIpc) is 3.47. The molecule has 8 rings (SSSR count). The topological polar surface area (TPSA) is 0 Å². The van der Waals surface area contributed by atoms with Crippen molar-refractivity contribution >= 4 is 0 Å². The van der Waals surface area contributed by atoms with Crippen LogP contribution in [0.3, 0.4) is 0 Å². The zero-order chi connectivity index (χ0) is 55.9. The standard InChI is InChI=1S/3C9H8.2C8H10.2C7H8.2C6H6.2C3H4/c3*1-2-6-9-7-4-3-5-8-9;2*1-2-8-6-4-3-5-7-8;2*1-7-5-3-2-4-6-7;1-2-4-6-5-3-1;1-3-5-6-4-2;2*1-3-2/h3*3-5,7-8H,1H3;2*3-7H,2H2,1H3;2*2-6H,1H3;1-6H;1-2H3;2*1H,2H3. The van der Waals surface area contributed by atoms with E-state index in [9.17, 15) is 0 Å². The van der Waals surface area contributed by atoms with E-state index in [1.54, 1.807) is 27.7 Å². The SMILES string of the molecule is C#CC.C#CC.CC#CC#CC.CC#Cc1ccccc1.CC#Cc1ccccc1.CC#Cc1ccccc1.CCc1ccccc1.CCc1ccccc1.Cc1ccccc1.Cc1ccccc1.c1ccccc1. The normalized spacial score (nSPS) is 7.48. The smallest absolute Gasteiger partial charge is 0.0245 e. The van der Waals surface area contributed by atoms with Crippen LogP contribution in [0.15, 0.2) is 249 Å². The first kappa shape index (κ1) is 69.9. The molecule has 0 unspecified atom stereocenters. The van der Waals surface area contributed by atoms with E-state index < -0.39 is 0 Å². The van der Waals surface area contributed by atoms with E-state index in [-0.39, 0.29) is 0 Å². The van der Waals surface area contributed by atoms with E-state index in [2.05, 4.69) is 184 Å². The van der Waals surface area contributed by atoms with E-state index in [4.69, 9.17) is 0 Å². The van der Waals surface area contributed by atoms with Gasteiger partial charge >= 0.3 is 0 Å². The third-order valence-electron chi connectivity index (χ3n) is 8.49. The Hall–Kier alpha value is -9.32. The molecular formula is C75H80. The molecule has 0 aromatic heterocycles. The lowest BCUT2D eigenvalue weighted by molar-refractivity contribution is 1.14. The summed E-state index contributed by atoms with van der Waals surface area (Å²) in [5, 5.41) is 0. The summed E-state index contributed by atoms with van der Waals surface area (Å²) in [4.78, 5) is 0. The van der Waals surface area contributed by atoms with Gasteiger partial charge in [-0.25, -0.2) is 0 Å². The average molecular weight is 981 g/mol. The van der Waals surface area contributed by atoms with Crippen molar-refractivity contribution in [3.63, 3.8) is 0 Å². The Morgan fingerprint density at radius 1 is 0.267 bits per heavy atom. The predicted octanol–water partition coefficient (Wildman–Crippen LogP) is 18.7. The number of hydrogen-bond acceptors (Lipinski definition) is 0. The number of hydrogen-bond donors (Lipinski definition) is 0. The summed E-state index contributed by atoms with van der Waals surface area (Å²) in [6.45, 7) is 20.9. The molecule has 0 atom stereocenters. The van der Waals surface area contributed by atoms with Gasteiger partial charge in [0.2, 0.25) is 0 Å². The van der Waals surface area contributed by atoms with Crippen molar-refractivity contribution in [1.82, 2.24) is 0 Å². The summed E-state index contributed by atoms with van der Waals surface area (Å²) in [6.07, 6.45) is 11.5. The van der Waals surface area contributed by atoms with Crippen molar-refractivity contribution in [3.05, 3.63) is 288 Å². The van der Waals surface area contributed by atoms with Crippen molar-refractivity contribution in [1.29, 1.82) is 0 Å². The van der Waals surface area contributed by atoms with Gasteiger partial charge in [-0.05, 0) is 135 Å². The fraction of sp³-hybridized carbons (Fsp3) is 0.173. The third kappa shape index (κ3) is 53.9. The first-order valence-electron chi connectivity index (χ1n) is 24.8. The lowest BCUT2D eigenvalue weighted by Gasteiger charge is -1.89. The van der Waals surface area contributed by atoms with E-state index in [1.165, 1.54) is 22.3 Å². The van der Waals surface area contributed by atoms with Crippen LogP contribution in [0.5, 0.6) is 0 Å². The molecule has 0 heterocycles. The summed E-state index contributed by atoms with van der Waals surface area (Å²) in [5.41, 5.74) is 8.71. The lowest BCUT2D eigenvalue weighted by Crippen LogP contribution is -1.73. The Morgan fingerprint density at radius 2 is 0.440 bits per heavy atom. The van der Waals surface area contributed by atoms with E-state index in [1.807, 2.05) is 197 Å². The third-order valence-corrected chi connectivity index (χ3v) is 8.49. The summed E-state index contributed by atoms with van der Waals surface area (Å²) in [7, 11) is 0. The molecule has 380 valence electrons. The lowest BCUT2D eigenvalue weighted by atomic mass is 10.2. The van der Waals surface area contributed by atoms with Crippen LogP contribution in [-0.4, -0.2) is 0 Å². The summed E-state index contributed by atoms with van der Waals surface area (Å²) < 4.78 is 0. The highest BCUT2D eigenvalue weighted by molar-refractivity contribution is 5.34. The van der Waals surface area contributed by atoms with Gasteiger partial charge in [-0.1, -0.05) is 267 Å². The molecule has 0 spiro atoms. The van der Waals surface area contributed by atoms with Crippen molar-refractivity contribution in [2.45, 2.75) is 89.0 Å². The predicted molar refractivity (Wildman–Crippen MR) is 333 cm³/mol. The molecule has 0 saturated heterocycles. The largest absolute Gasteiger partial charge is 0.120 e. The molecule has 0 bridgehead atoms. The molecule has 0 radical (unpaired) electrons. The maximum Gasteiger partial charge on any atom is 0.0245 e. The molecule has 0 nitrogen and oxygen atoms in total. The summed E-state index contributed by atoms with van der Waals surface area (Å²) >= 11 is 0. The Bertz CT molecular complexity index is 2580. The quantitative estimate of drug-likeness (QED) is 0.151. The highest BCUT2D eigenvalue weighted by Crippen LogP contribution is 1.99. The van der Waals surface area contributed by atoms with Gasteiger partial charge in [0.25, 0.3) is 0 Å². The molecule has 0 N–H and O–H groups in total. The maximum atomic E-state index is 4.60. The Kier molecular flexibility index (Phi) is 55.0. The minimum atomic E-state index is 1.08. The van der Waals surface area contributed by atoms with Crippen LogP contribution in [0.25, 0.3) is 0 Å². The van der Waals surface area contributed by atoms with Crippen LogP contribution in [0, 0.1) is 97.7 Å². The van der Waals surface area contributed by atoms with Crippen LogP contribution in [0.1, 0.15) is 101 Å². The van der Waals surface area contributed by atoms with Crippen LogP contribution in [-0.2, 0) is 12.8 Å². The second-order valence-corrected chi connectivity index (χ2v) is 14.7. The second kappa shape index (κ2) is 59.0. The molecule has 0 aliphatic carbocycles. The fourth-order valence-electron chi connectivity index (χ4n) is 5.00. The number of aryl methyl sites for hydroxylation is 4. The highest BCUT2D eigenvalue weighted by atomic mass is 13.9. The number of terminal acetylenes is 2. The van der Waals surface area contributed by atoms with Gasteiger partial charge in [-0.3, -0.25) is 0 Å². The van der Waals surface area contributed by atoms with Crippen LogP contribution in [0.4, 0.5) is 0 Å². The molecule has 8 aromatic rings. The molecule has 0 fully saturated rings. The van der Waals surface area contributed by atoms with Crippen molar-refractivity contribution < 1.29 is 0 Å². The van der Waals surface area contributed by atoms with E-state index in [0.717, 1.165) is 29.5 Å². The molecule has 0 aliphatic heterocycles. The molecule has 8 aromatic carbocycles. The molecular weight excluding hydrogens is 901 g/mol. The van der Waals surface area contributed by atoms with E-state index >= 15 is 0 Å². The first-order chi connectivity index (χ1) is 36.7. The van der Waals surface area contributed by atoms with Crippen LogP contribution >= 0.6 is 0 Å². The number of rotatable bonds is 2. The van der Waals surface area contributed by atoms with Gasteiger partial charge in [0, 0.05) is 16.7 Å². The monoisotopic (exact) mass is 981 g/mol. The molecule has 0 heteroatoms. The first-order valence-corrected chi connectivity index (χ1v) is 24.8. The Balaban J connectivity index is -0.000000770.